The summed E-state index contributed by atoms with van der Waals surface area (Å²) < 4.78 is 0. The fraction of sp³-hybridized carbons (Fsp3) is 0.636. The van der Waals surface area contributed by atoms with Crippen LogP contribution in [0.15, 0.2) is 6.20 Å². The van der Waals surface area contributed by atoms with Gasteiger partial charge in [0.1, 0.15) is 0 Å². The summed E-state index contributed by atoms with van der Waals surface area (Å²) in [6.45, 7) is 3.86. The quantitative estimate of drug-likeness (QED) is 0.793. The Morgan fingerprint density at radius 2 is 2.19 bits per heavy atom. The lowest BCUT2D eigenvalue weighted by Gasteiger charge is -2.34. The monoisotopic (exact) mass is 237 g/mol. The summed E-state index contributed by atoms with van der Waals surface area (Å²) in [5, 5.41) is 4.03. The molecule has 2 aliphatic heterocycles. The zero-order chi connectivity index (χ0) is 11.1. The molecule has 0 aliphatic carbocycles. The Bertz CT molecular complexity index is 401. The van der Waals surface area contributed by atoms with E-state index in [9.17, 15) is 4.79 Å². The summed E-state index contributed by atoms with van der Waals surface area (Å²) in [5.41, 5.74) is 0. The highest BCUT2D eigenvalue weighted by Gasteiger charge is 2.40. The SMILES string of the molecule is Cc1cnc(C(=O)N2C3CCC2CNC3)s1. The molecule has 2 bridgehead atoms. The molecule has 1 amide bonds. The first-order valence-electron chi connectivity index (χ1n) is 5.71. The van der Waals surface area contributed by atoms with Crippen molar-refractivity contribution >= 4 is 17.2 Å². The third-order valence-corrected chi connectivity index (χ3v) is 4.32. The van der Waals surface area contributed by atoms with Gasteiger partial charge < -0.3 is 10.2 Å². The Kier molecular flexibility index (Phi) is 2.44. The second-order valence-corrected chi connectivity index (χ2v) is 5.77. The van der Waals surface area contributed by atoms with Crippen LogP contribution in [0.5, 0.6) is 0 Å². The van der Waals surface area contributed by atoms with E-state index in [0.29, 0.717) is 17.1 Å². The fourth-order valence-electron chi connectivity index (χ4n) is 2.67. The molecular weight excluding hydrogens is 222 g/mol. The lowest BCUT2D eigenvalue weighted by Crippen LogP contribution is -2.54. The normalized spacial score (nSPS) is 28.4. The van der Waals surface area contributed by atoms with Crippen LogP contribution in [0.3, 0.4) is 0 Å². The van der Waals surface area contributed by atoms with Crippen molar-refractivity contribution in [3.8, 4) is 0 Å². The van der Waals surface area contributed by atoms with Gasteiger partial charge in [-0.2, -0.15) is 0 Å². The van der Waals surface area contributed by atoms with Crippen molar-refractivity contribution in [2.45, 2.75) is 31.8 Å². The van der Waals surface area contributed by atoms with Crippen LogP contribution in [0.2, 0.25) is 0 Å². The molecule has 2 aliphatic rings. The van der Waals surface area contributed by atoms with E-state index >= 15 is 0 Å². The molecular formula is C11H15N3OS. The molecule has 5 heteroatoms. The van der Waals surface area contributed by atoms with E-state index in [0.717, 1.165) is 30.8 Å². The molecule has 2 atom stereocenters. The van der Waals surface area contributed by atoms with E-state index in [1.165, 1.54) is 11.3 Å². The van der Waals surface area contributed by atoms with Gasteiger partial charge in [0.15, 0.2) is 5.01 Å². The van der Waals surface area contributed by atoms with E-state index in [2.05, 4.69) is 15.2 Å². The predicted octanol–water partition coefficient (Wildman–Crippen LogP) is 1.03. The predicted molar refractivity (Wildman–Crippen MR) is 62.7 cm³/mol. The zero-order valence-electron chi connectivity index (χ0n) is 9.27. The molecule has 4 nitrogen and oxygen atoms in total. The number of amides is 1. The van der Waals surface area contributed by atoms with E-state index in [1.54, 1.807) is 6.20 Å². The summed E-state index contributed by atoms with van der Waals surface area (Å²) in [4.78, 5) is 19.7. The van der Waals surface area contributed by atoms with Gasteiger partial charge in [0, 0.05) is 36.2 Å². The summed E-state index contributed by atoms with van der Waals surface area (Å²) in [5.74, 6) is 0.132. The van der Waals surface area contributed by atoms with Gasteiger partial charge in [-0.3, -0.25) is 4.79 Å². The molecule has 1 aromatic rings. The second kappa shape index (κ2) is 3.82. The second-order valence-electron chi connectivity index (χ2n) is 4.53. The number of hydrogen-bond donors (Lipinski definition) is 1. The largest absolute Gasteiger partial charge is 0.328 e. The maximum absolute atomic E-state index is 12.3. The standard InChI is InChI=1S/C11H15N3OS/c1-7-4-13-10(16-7)11(15)14-8-2-3-9(14)6-12-5-8/h4,8-9,12H,2-3,5-6H2,1H3. The molecule has 0 spiro atoms. The van der Waals surface area contributed by atoms with Crippen LogP contribution < -0.4 is 5.32 Å². The topological polar surface area (TPSA) is 45.2 Å². The van der Waals surface area contributed by atoms with E-state index in [1.807, 2.05) is 6.92 Å². The van der Waals surface area contributed by atoms with Crippen molar-refractivity contribution < 1.29 is 4.79 Å². The molecule has 3 rings (SSSR count). The van der Waals surface area contributed by atoms with Crippen LogP contribution in [0.4, 0.5) is 0 Å². The molecule has 16 heavy (non-hydrogen) atoms. The van der Waals surface area contributed by atoms with E-state index in [-0.39, 0.29) is 5.91 Å². The Balaban J connectivity index is 1.85. The van der Waals surface area contributed by atoms with Crippen molar-refractivity contribution in [3.05, 3.63) is 16.1 Å². The first-order chi connectivity index (χ1) is 7.75. The van der Waals surface area contributed by atoms with Crippen molar-refractivity contribution in [1.82, 2.24) is 15.2 Å². The maximum Gasteiger partial charge on any atom is 0.283 e. The highest BCUT2D eigenvalue weighted by molar-refractivity contribution is 7.13. The van der Waals surface area contributed by atoms with Crippen LogP contribution in [-0.2, 0) is 0 Å². The number of carbonyl (C=O) groups excluding carboxylic acids is 1. The van der Waals surface area contributed by atoms with Gasteiger partial charge >= 0.3 is 0 Å². The Labute approximate surface area is 98.7 Å². The van der Waals surface area contributed by atoms with Crippen LogP contribution in [0.1, 0.15) is 27.5 Å². The molecule has 0 saturated carbocycles. The van der Waals surface area contributed by atoms with Crippen LogP contribution in [-0.4, -0.2) is 41.0 Å². The average molecular weight is 237 g/mol. The van der Waals surface area contributed by atoms with Gasteiger partial charge in [0.05, 0.1) is 0 Å². The number of fused-ring (bicyclic) bond motifs is 2. The van der Waals surface area contributed by atoms with Crippen molar-refractivity contribution in [1.29, 1.82) is 0 Å². The number of carbonyl (C=O) groups is 1. The smallest absolute Gasteiger partial charge is 0.283 e. The first kappa shape index (κ1) is 10.2. The molecule has 1 aromatic heterocycles. The Morgan fingerprint density at radius 1 is 1.50 bits per heavy atom. The van der Waals surface area contributed by atoms with E-state index in [4.69, 9.17) is 0 Å². The lowest BCUT2D eigenvalue weighted by molar-refractivity contribution is 0.0619. The van der Waals surface area contributed by atoms with Gasteiger partial charge in [-0.15, -0.1) is 11.3 Å². The number of nitrogens with zero attached hydrogens (tertiary/aromatic N) is 2. The minimum absolute atomic E-state index is 0.132. The first-order valence-corrected chi connectivity index (χ1v) is 6.53. The lowest BCUT2D eigenvalue weighted by atomic mass is 10.2. The average Bonchev–Trinajstić information content (AvgIpc) is 2.80. The number of thiazole rings is 1. The van der Waals surface area contributed by atoms with Crippen LogP contribution >= 0.6 is 11.3 Å². The molecule has 2 fully saturated rings. The maximum atomic E-state index is 12.3. The van der Waals surface area contributed by atoms with Crippen molar-refractivity contribution in [2.24, 2.45) is 0 Å². The van der Waals surface area contributed by atoms with Crippen LogP contribution in [0.25, 0.3) is 0 Å². The van der Waals surface area contributed by atoms with Crippen molar-refractivity contribution in [3.63, 3.8) is 0 Å². The number of aromatic nitrogens is 1. The summed E-state index contributed by atoms with van der Waals surface area (Å²) >= 11 is 1.50. The number of hydrogen-bond acceptors (Lipinski definition) is 4. The van der Waals surface area contributed by atoms with Crippen molar-refractivity contribution in [2.75, 3.05) is 13.1 Å². The Morgan fingerprint density at radius 3 is 2.75 bits per heavy atom. The third-order valence-electron chi connectivity index (χ3n) is 3.42. The van der Waals surface area contributed by atoms with Gasteiger partial charge in [-0.25, -0.2) is 4.98 Å². The van der Waals surface area contributed by atoms with Gasteiger partial charge in [-0.05, 0) is 19.8 Å². The zero-order valence-corrected chi connectivity index (χ0v) is 10.1. The highest BCUT2D eigenvalue weighted by Crippen LogP contribution is 2.29. The molecule has 86 valence electrons. The van der Waals surface area contributed by atoms with Crippen LogP contribution in [0, 0.1) is 6.92 Å². The highest BCUT2D eigenvalue weighted by atomic mass is 32.1. The van der Waals surface area contributed by atoms with E-state index < -0.39 is 0 Å². The molecule has 0 radical (unpaired) electrons. The number of piperazine rings is 1. The van der Waals surface area contributed by atoms with Gasteiger partial charge in [0.2, 0.25) is 0 Å². The van der Waals surface area contributed by atoms with Gasteiger partial charge in [-0.1, -0.05) is 0 Å². The van der Waals surface area contributed by atoms with Gasteiger partial charge in [0.25, 0.3) is 5.91 Å². The third kappa shape index (κ3) is 1.55. The minimum Gasteiger partial charge on any atom is -0.328 e. The molecule has 2 saturated heterocycles. The number of aryl methyl sites for hydroxylation is 1. The Hall–Kier alpha value is -0.940. The molecule has 0 aromatic carbocycles. The minimum atomic E-state index is 0.132. The summed E-state index contributed by atoms with van der Waals surface area (Å²) in [6, 6.07) is 0.769. The fourth-order valence-corrected chi connectivity index (χ4v) is 3.38. The molecule has 2 unspecified atom stereocenters. The summed E-state index contributed by atoms with van der Waals surface area (Å²) in [7, 11) is 0. The number of rotatable bonds is 1. The summed E-state index contributed by atoms with van der Waals surface area (Å²) in [6.07, 6.45) is 4.05. The molecule has 3 heterocycles. The molecule has 1 N–H and O–H groups in total. The number of nitrogens with one attached hydrogen (secondary N) is 1.